The van der Waals surface area contributed by atoms with Crippen molar-refractivity contribution in [3.8, 4) is 0 Å². The first-order valence-corrected chi connectivity index (χ1v) is 5.33. The number of hydrogen-bond acceptors (Lipinski definition) is 1. The van der Waals surface area contributed by atoms with E-state index in [4.69, 9.17) is 0 Å². The second kappa shape index (κ2) is 4.30. The van der Waals surface area contributed by atoms with E-state index in [-0.39, 0.29) is 5.91 Å². The molecule has 0 aliphatic carbocycles. The highest BCUT2D eigenvalue weighted by molar-refractivity contribution is 5.94. The molecule has 0 bridgehead atoms. The maximum absolute atomic E-state index is 12.0. The van der Waals surface area contributed by atoms with Gasteiger partial charge in [-0.1, -0.05) is 24.8 Å². The minimum absolute atomic E-state index is 0.149. The Morgan fingerprint density at radius 1 is 1.33 bits per heavy atom. The summed E-state index contributed by atoms with van der Waals surface area (Å²) in [6.45, 7) is 5.50. The van der Waals surface area contributed by atoms with E-state index in [1.807, 2.05) is 29.2 Å². The first-order chi connectivity index (χ1) is 7.31. The Hall–Kier alpha value is -1.57. The van der Waals surface area contributed by atoms with Gasteiger partial charge in [-0.25, -0.2) is 0 Å². The van der Waals surface area contributed by atoms with Crippen LogP contribution in [0.15, 0.2) is 30.8 Å². The molecule has 0 aromatic heterocycles. The maximum Gasteiger partial charge on any atom is 0.253 e. The molecule has 2 heteroatoms. The molecule has 1 fully saturated rings. The van der Waals surface area contributed by atoms with E-state index in [9.17, 15) is 4.79 Å². The lowest BCUT2D eigenvalue weighted by molar-refractivity contribution is 0.0793. The zero-order valence-corrected chi connectivity index (χ0v) is 8.78. The van der Waals surface area contributed by atoms with Crippen molar-refractivity contribution in [2.75, 3.05) is 13.1 Å². The smallest absolute Gasteiger partial charge is 0.253 e. The number of benzene rings is 1. The Morgan fingerprint density at radius 3 is 2.73 bits per heavy atom. The zero-order valence-electron chi connectivity index (χ0n) is 8.78. The van der Waals surface area contributed by atoms with Crippen LogP contribution in [0.3, 0.4) is 0 Å². The van der Waals surface area contributed by atoms with Gasteiger partial charge in [-0.05, 0) is 30.5 Å². The summed E-state index contributed by atoms with van der Waals surface area (Å²) in [5.74, 6) is 0.149. The predicted octanol–water partition coefficient (Wildman–Crippen LogP) is 2.57. The summed E-state index contributed by atoms with van der Waals surface area (Å²) in [5.41, 5.74) is 1.77. The fourth-order valence-electron chi connectivity index (χ4n) is 1.90. The van der Waals surface area contributed by atoms with Crippen LogP contribution in [0.5, 0.6) is 0 Å². The molecule has 1 amide bonds. The molecular formula is C13H15NO. The van der Waals surface area contributed by atoms with Crippen molar-refractivity contribution >= 4 is 12.0 Å². The number of rotatable bonds is 2. The molecule has 1 saturated heterocycles. The molecule has 0 spiro atoms. The van der Waals surface area contributed by atoms with Crippen LogP contribution < -0.4 is 0 Å². The van der Waals surface area contributed by atoms with E-state index in [0.29, 0.717) is 0 Å². The second-order valence-corrected chi connectivity index (χ2v) is 3.83. The highest BCUT2D eigenvalue weighted by Gasteiger charge is 2.18. The van der Waals surface area contributed by atoms with E-state index in [1.54, 1.807) is 6.08 Å². The van der Waals surface area contributed by atoms with Crippen molar-refractivity contribution in [2.24, 2.45) is 0 Å². The average molecular weight is 201 g/mol. The van der Waals surface area contributed by atoms with Gasteiger partial charge in [0.15, 0.2) is 0 Å². The van der Waals surface area contributed by atoms with Gasteiger partial charge in [0.1, 0.15) is 0 Å². The minimum Gasteiger partial charge on any atom is -0.339 e. The molecule has 78 valence electrons. The van der Waals surface area contributed by atoms with Crippen LogP contribution in [0.1, 0.15) is 28.8 Å². The number of carbonyl (C=O) groups excluding carboxylic acids is 1. The summed E-state index contributed by atoms with van der Waals surface area (Å²) in [6.07, 6.45) is 4.03. The summed E-state index contributed by atoms with van der Waals surface area (Å²) < 4.78 is 0. The minimum atomic E-state index is 0.149. The van der Waals surface area contributed by atoms with Gasteiger partial charge in [0.25, 0.3) is 5.91 Å². The normalized spacial score (nSPS) is 15.3. The van der Waals surface area contributed by atoms with Crippen molar-refractivity contribution in [1.82, 2.24) is 4.90 Å². The maximum atomic E-state index is 12.0. The second-order valence-electron chi connectivity index (χ2n) is 3.83. The van der Waals surface area contributed by atoms with Gasteiger partial charge in [0.2, 0.25) is 0 Å². The van der Waals surface area contributed by atoms with E-state index in [0.717, 1.165) is 37.1 Å². The van der Waals surface area contributed by atoms with Crippen LogP contribution in [-0.2, 0) is 0 Å². The zero-order chi connectivity index (χ0) is 10.7. The highest BCUT2D eigenvalue weighted by Crippen LogP contribution is 2.14. The van der Waals surface area contributed by atoms with Gasteiger partial charge in [0, 0.05) is 18.7 Å². The number of hydrogen-bond donors (Lipinski definition) is 0. The molecule has 0 atom stereocenters. The van der Waals surface area contributed by atoms with Crippen molar-refractivity contribution in [3.63, 3.8) is 0 Å². The number of amides is 1. The number of likely N-dealkylation sites (tertiary alicyclic amines) is 1. The molecular weight excluding hydrogens is 186 g/mol. The third kappa shape index (κ3) is 2.09. The molecule has 0 saturated carbocycles. The first-order valence-electron chi connectivity index (χ1n) is 5.33. The summed E-state index contributed by atoms with van der Waals surface area (Å²) >= 11 is 0. The molecule has 1 heterocycles. The summed E-state index contributed by atoms with van der Waals surface area (Å²) in [6, 6.07) is 7.62. The topological polar surface area (TPSA) is 20.3 Å². The number of carbonyl (C=O) groups is 1. The standard InChI is InChI=1S/C13H15NO/c1-2-11-6-5-7-12(10-11)13(15)14-8-3-4-9-14/h2,5-7,10H,1,3-4,8-9H2. The lowest BCUT2D eigenvalue weighted by Crippen LogP contribution is -2.27. The van der Waals surface area contributed by atoms with E-state index in [2.05, 4.69) is 6.58 Å². The molecule has 2 nitrogen and oxygen atoms in total. The molecule has 0 N–H and O–H groups in total. The summed E-state index contributed by atoms with van der Waals surface area (Å²) in [7, 11) is 0. The van der Waals surface area contributed by atoms with Crippen molar-refractivity contribution in [1.29, 1.82) is 0 Å². The van der Waals surface area contributed by atoms with Gasteiger partial charge in [-0.15, -0.1) is 0 Å². The molecule has 0 unspecified atom stereocenters. The first kappa shape index (κ1) is 9.97. The summed E-state index contributed by atoms with van der Waals surface area (Å²) in [5, 5.41) is 0. The molecule has 0 radical (unpaired) electrons. The lowest BCUT2D eigenvalue weighted by Gasteiger charge is -2.15. The fourth-order valence-corrected chi connectivity index (χ4v) is 1.90. The highest BCUT2D eigenvalue weighted by atomic mass is 16.2. The van der Waals surface area contributed by atoms with Crippen LogP contribution in [-0.4, -0.2) is 23.9 Å². The Kier molecular flexibility index (Phi) is 2.86. The van der Waals surface area contributed by atoms with Gasteiger partial charge >= 0.3 is 0 Å². The molecule has 1 aromatic rings. The molecule has 1 aromatic carbocycles. The molecule has 15 heavy (non-hydrogen) atoms. The Labute approximate surface area is 90.2 Å². The third-order valence-corrected chi connectivity index (χ3v) is 2.76. The van der Waals surface area contributed by atoms with Crippen molar-refractivity contribution in [2.45, 2.75) is 12.8 Å². The summed E-state index contributed by atoms with van der Waals surface area (Å²) in [4.78, 5) is 13.9. The Bertz CT molecular complexity index is 378. The number of nitrogens with zero attached hydrogens (tertiary/aromatic N) is 1. The quantitative estimate of drug-likeness (QED) is 0.720. The van der Waals surface area contributed by atoms with Gasteiger partial charge in [-0.2, -0.15) is 0 Å². The van der Waals surface area contributed by atoms with Gasteiger partial charge in [-0.3, -0.25) is 4.79 Å². The van der Waals surface area contributed by atoms with Crippen LogP contribution in [0.25, 0.3) is 6.08 Å². The predicted molar refractivity (Wildman–Crippen MR) is 61.7 cm³/mol. The molecule has 1 aliphatic heterocycles. The lowest BCUT2D eigenvalue weighted by atomic mass is 10.1. The van der Waals surface area contributed by atoms with Crippen molar-refractivity contribution in [3.05, 3.63) is 42.0 Å². The van der Waals surface area contributed by atoms with Gasteiger partial charge < -0.3 is 4.90 Å². The Morgan fingerprint density at radius 2 is 2.07 bits per heavy atom. The van der Waals surface area contributed by atoms with E-state index >= 15 is 0 Å². The van der Waals surface area contributed by atoms with E-state index < -0.39 is 0 Å². The Balaban J connectivity index is 2.20. The SMILES string of the molecule is C=Cc1cccc(C(=O)N2CCCC2)c1. The van der Waals surface area contributed by atoms with Crippen LogP contribution in [0, 0.1) is 0 Å². The molecule has 2 rings (SSSR count). The van der Waals surface area contributed by atoms with Crippen LogP contribution in [0.4, 0.5) is 0 Å². The largest absolute Gasteiger partial charge is 0.339 e. The van der Waals surface area contributed by atoms with Crippen molar-refractivity contribution < 1.29 is 4.79 Å². The van der Waals surface area contributed by atoms with Crippen LogP contribution >= 0.6 is 0 Å². The molecule has 1 aliphatic rings. The third-order valence-electron chi connectivity index (χ3n) is 2.76. The van der Waals surface area contributed by atoms with Gasteiger partial charge in [0.05, 0.1) is 0 Å². The monoisotopic (exact) mass is 201 g/mol. The fraction of sp³-hybridized carbons (Fsp3) is 0.308. The average Bonchev–Trinajstić information content (AvgIpc) is 2.81. The van der Waals surface area contributed by atoms with E-state index in [1.165, 1.54) is 0 Å². The van der Waals surface area contributed by atoms with Crippen LogP contribution in [0.2, 0.25) is 0 Å².